The van der Waals surface area contributed by atoms with Crippen LogP contribution < -0.4 is 10.0 Å². The van der Waals surface area contributed by atoms with Gasteiger partial charge in [0.05, 0.1) is 4.90 Å². The van der Waals surface area contributed by atoms with Gasteiger partial charge in [0.15, 0.2) is 0 Å². The third-order valence-corrected chi connectivity index (χ3v) is 5.42. The molecule has 0 saturated carbocycles. The van der Waals surface area contributed by atoms with Crippen molar-refractivity contribution >= 4 is 32.4 Å². The third-order valence-electron chi connectivity index (χ3n) is 3.01. The fourth-order valence-corrected chi connectivity index (χ4v) is 4.02. The Bertz CT molecular complexity index is 816. The van der Waals surface area contributed by atoms with E-state index < -0.39 is 15.9 Å². The monoisotopic (exact) mass is 368 g/mol. The molecule has 0 aliphatic heterocycles. The van der Waals surface area contributed by atoms with Crippen LogP contribution in [0.5, 0.6) is 0 Å². The maximum absolute atomic E-state index is 12.3. The van der Waals surface area contributed by atoms with E-state index in [1.165, 1.54) is 29.5 Å². The fraction of sp³-hybridized carbons (Fsp3) is 0.400. The van der Waals surface area contributed by atoms with Crippen LogP contribution >= 0.6 is 11.3 Å². The summed E-state index contributed by atoms with van der Waals surface area (Å²) in [7, 11) is -3.60. The van der Waals surface area contributed by atoms with Gasteiger partial charge in [-0.05, 0) is 24.1 Å². The van der Waals surface area contributed by atoms with Crippen LogP contribution in [0.2, 0.25) is 0 Å². The van der Waals surface area contributed by atoms with Gasteiger partial charge >= 0.3 is 0 Å². The Balaban J connectivity index is 2.14. The Kier molecular flexibility index (Phi) is 6.03. The summed E-state index contributed by atoms with van der Waals surface area (Å²) in [6, 6.07) is 5.86. The second-order valence-electron chi connectivity index (χ2n) is 5.58. The van der Waals surface area contributed by atoms with Crippen molar-refractivity contribution in [1.82, 2.24) is 14.9 Å². The van der Waals surface area contributed by atoms with Crippen molar-refractivity contribution in [2.24, 2.45) is 5.92 Å². The van der Waals surface area contributed by atoms with Gasteiger partial charge in [0.2, 0.25) is 15.2 Å². The maximum Gasteiger partial charge on any atom is 0.257 e. The molecule has 2 aromatic rings. The highest BCUT2D eigenvalue weighted by Crippen LogP contribution is 2.19. The van der Waals surface area contributed by atoms with Gasteiger partial charge in [-0.1, -0.05) is 38.2 Å². The van der Waals surface area contributed by atoms with E-state index in [-0.39, 0.29) is 17.0 Å². The molecule has 0 bridgehead atoms. The number of benzene rings is 1. The van der Waals surface area contributed by atoms with Gasteiger partial charge in [-0.3, -0.25) is 10.1 Å². The van der Waals surface area contributed by atoms with Gasteiger partial charge in [0.1, 0.15) is 5.01 Å². The van der Waals surface area contributed by atoms with Crippen LogP contribution in [-0.4, -0.2) is 31.1 Å². The van der Waals surface area contributed by atoms with Gasteiger partial charge < -0.3 is 0 Å². The predicted octanol–water partition coefficient (Wildman–Crippen LogP) is 2.29. The van der Waals surface area contributed by atoms with Crippen LogP contribution in [0.4, 0.5) is 5.13 Å². The number of hydrogen-bond acceptors (Lipinski definition) is 6. The Morgan fingerprint density at radius 2 is 2.04 bits per heavy atom. The summed E-state index contributed by atoms with van der Waals surface area (Å²) in [5.41, 5.74) is 0.245. The normalized spacial score (nSPS) is 11.7. The summed E-state index contributed by atoms with van der Waals surface area (Å²) < 4.78 is 26.4. The van der Waals surface area contributed by atoms with Crippen LogP contribution in [0.15, 0.2) is 29.2 Å². The number of amides is 1. The number of aromatic nitrogens is 2. The van der Waals surface area contributed by atoms with E-state index in [1.807, 2.05) is 0 Å². The second-order valence-corrected chi connectivity index (χ2v) is 8.41. The van der Waals surface area contributed by atoms with Crippen molar-refractivity contribution in [2.45, 2.75) is 32.1 Å². The number of nitrogens with one attached hydrogen (secondary N) is 2. The Hall–Kier alpha value is -1.84. The lowest BCUT2D eigenvalue weighted by molar-refractivity contribution is 0.102. The molecule has 24 heavy (non-hydrogen) atoms. The number of rotatable bonds is 7. The molecule has 0 aliphatic carbocycles. The Morgan fingerprint density at radius 3 is 2.71 bits per heavy atom. The highest BCUT2D eigenvalue weighted by atomic mass is 32.2. The molecule has 1 aromatic carbocycles. The first-order valence-corrected chi connectivity index (χ1v) is 9.85. The standard InChI is InChI=1S/C15H20N4O3S2/c1-4-16-24(21,22)12-7-5-6-11(9-12)14(20)17-15-19-18-13(23-15)8-10(2)3/h5-7,9-10,16H,4,8H2,1-3H3,(H,17,19,20). The average Bonchev–Trinajstić information content (AvgIpc) is 2.93. The molecular weight excluding hydrogens is 348 g/mol. The largest absolute Gasteiger partial charge is 0.296 e. The van der Waals surface area contributed by atoms with E-state index in [0.29, 0.717) is 11.0 Å². The van der Waals surface area contributed by atoms with Gasteiger partial charge in [0.25, 0.3) is 5.91 Å². The van der Waals surface area contributed by atoms with Gasteiger partial charge in [0, 0.05) is 18.5 Å². The van der Waals surface area contributed by atoms with E-state index in [2.05, 4.69) is 34.1 Å². The minimum Gasteiger partial charge on any atom is -0.296 e. The molecule has 9 heteroatoms. The zero-order valence-electron chi connectivity index (χ0n) is 13.7. The van der Waals surface area contributed by atoms with Crippen LogP contribution in [0, 0.1) is 5.92 Å². The topological polar surface area (TPSA) is 101 Å². The summed E-state index contributed by atoms with van der Waals surface area (Å²) in [5, 5.41) is 11.9. The van der Waals surface area contributed by atoms with E-state index in [4.69, 9.17) is 0 Å². The van der Waals surface area contributed by atoms with Crippen molar-refractivity contribution in [3.63, 3.8) is 0 Å². The minimum absolute atomic E-state index is 0.0507. The number of hydrogen-bond donors (Lipinski definition) is 2. The molecular formula is C15H20N4O3S2. The number of nitrogens with zero attached hydrogens (tertiary/aromatic N) is 2. The summed E-state index contributed by atoms with van der Waals surface area (Å²) >= 11 is 1.32. The molecule has 7 nitrogen and oxygen atoms in total. The third kappa shape index (κ3) is 4.83. The molecule has 0 spiro atoms. The van der Waals surface area contributed by atoms with Gasteiger partial charge in [-0.15, -0.1) is 10.2 Å². The lowest BCUT2D eigenvalue weighted by atomic mass is 10.1. The van der Waals surface area contributed by atoms with Crippen LogP contribution in [-0.2, 0) is 16.4 Å². The summed E-state index contributed by atoms with van der Waals surface area (Å²) in [6.07, 6.45) is 0.796. The van der Waals surface area contributed by atoms with Crippen molar-refractivity contribution < 1.29 is 13.2 Å². The molecule has 0 saturated heterocycles. The molecule has 1 amide bonds. The van der Waals surface area contributed by atoms with E-state index in [0.717, 1.165) is 11.4 Å². The SMILES string of the molecule is CCNS(=O)(=O)c1cccc(C(=O)Nc2nnc(CC(C)C)s2)c1. The second kappa shape index (κ2) is 7.82. The quantitative estimate of drug-likeness (QED) is 0.781. The number of sulfonamides is 1. The van der Waals surface area contributed by atoms with Crippen molar-refractivity contribution in [2.75, 3.05) is 11.9 Å². The van der Waals surface area contributed by atoms with E-state index >= 15 is 0 Å². The van der Waals surface area contributed by atoms with Crippen molar-refractivity contribution in [3.8, 4) is 0 Å². The molecule has 2 rings (SSSR count). The minimum atomic E-state index is -3.60. The van der Waals surface area contributed by atoms with Crippen LogP contribution in [0.25, 0.3) is 0 Å². The first-order chi connectivity index (χ1) is 11.3. The van der Waals surface area contributed by atoms with Crippen LogP contribution in [0.3, 0.4) is 0 Å². The van der Waals surface area contributed by atoms with Gasteiger partial charge in [-0.25, -0.2) is 13.1 Å². The first kappa shape index (κ1) is 18.5. The highest BCUT2D eigenvalue weighted by molar-refractivity contribution is 7.89. The molecule has 1 heterocycles. The molecule has 0 radical (unpaired) electrons. The molecule has 0 unspecified atom stereocenters. The Morgan fingerprint density at radius 1 is 1.29 bits per heavy atom. The zero-order valence-corrected chi connectivity index (χ0v) is 15.4. The lowest BCUT2D eigenvalue weighted by Crippen LogP contribution is -2.23. The predicted molar refractivity (Wildman–Crippen MR) is 93.7 cm³/mol. The fourth-order valence-electron chi connectivity index (χ4n) is 1.98. The molecule has 0 atom stereocenters. The highest BCUT2D eigenvalue weighted by Gasteiger charge is 2.16. The number of carbonyl (C=O) groups excluding carboxylic acids is 1. The summed E-state index contributed by atoms with van der Waals surface area (Å²) in [4.78, 5) is 12.3. The molecule has 0 fully saturated rings. The van der Waals surface area contributed by atoms with E-state index in [1.54, 1.807) is 13.0 Å². The smallest absolute Gasteiger partial charge is 0.257 e. The van der Waals surface area contributed by atoms with Crippen molar-refractivity contribution in [3.05, 3.63) is 34.8 Å². The van der Waals surface area contributed by atoms with Gasteiger partial charge in [-0.2, -0.15) is 0 Å². The lowest BCUT2D eigenvalue weighted by Gasteiger charge is -2.06. The van der Waals surface area contributed by atoms with E-state index in [9.17, 15) is 13.2 Å². The summed E-state index contributed by atoms with van der Waals surface area (Å²) in [5.74, 6) is 0.0326. The summed E-state index contributed by atoms with van der Waals surface area (Å²) in [6.45, 7) is 6.13. The van der Waals surface area contributed by atoms with Crippen LogP contribution in [0.1, 0.15) is 36.1 Å². The average molecular weight is 368 g/mol. The molecule has 2 N–H and O–H groups in total. The molecule has 130 valence electrons. The number of anilines is 1. The molecule has 0 aliphatic rings. The number of carbonyl (C=O) groups is 1. The maximum atomic E-state index is 12.3. The van der Waals surface area contributed by atoms with Crippen molar-refractivity contribution in [1.29, 1.82) is 0 Å². The molecule has 1 aromatic heterocycles. The Labute approximate surface area is 145 Å². The first-order valence-electron chi connectivity index (χ1n) is 7.55. The zero-order chi connectivity index (χ0) is 17.7.